The van der Waals surface area contributed by atoms with Gasteiger partial charge in [-0.25, -0.2) is 9.97 Å². The number of aromatic nitrogens is 3. The van der Waals surface area contributed by atoms with E-state index >= 15 is 0 Å². The summed E-state index contributed by atoms with van der Waals surface area (Å²) in [6, 6.07) is 20.2. The predicted octanol–water partition coefficient (Wildman–Crippen LogP) is 5.44. The maximum absolute atomic E-state index is 12.7. The molecular formula is C23H19F3N4. The Hall–Kier alpha value is -3.48. The number of rotatable bonds is 6. The van der Waals surface area contributed by atoms with E-state index in [9.17, 15) is 13.2 Å². The van der Waals surface area contributed by atoms with Crippen LogP contribution in [0.4, 0.5) is 19.0 Å². The van der Waals surface area contributed by atoms with Crippen LogP contribution in [0.15, 0.2) is 72.9 Å². The minimum absolute atomic E-state index is 0.310. The second-order valence-corrected chi connectivity index (χ2v) is 6.89. The van der Waals surface area contributed by atoms with Crippen molar-refractivity contribution in [1.29, 1.82) is 0 Å². The van der Waals surface area contributed by atoms with Crippen molar-refractivity contribution in [2.45, 2.75) is 25.6 Å². The smallest absolute Gasteiger partial charge is 0.365 e. The topological polar surface area (TPSA) is 50.7 Å². The van der Waals surface area contributed by atoms with Crippen molar-refractivity contribution in [2.24, 2.45) is 0 Å². The van der Waals surface area contributed by atoms with Crippen LogP contribution in [-0.4, -0.2) is 15.0 Å². The number of alkyl halides is 3. The standard InChI is InChI=1S/C23H19F3N4/c24-23(25,26)20-12-10-17(14-27-20)15-28-22-18-8-4-5-9-19(18)29-21(30-22)13-11-16-6-2-1-3-7-16/h1-10,12,14H,11,13,15H2,(H,28,29,30). The van der Waals surface area contributed by atoms with Gasteiger partial charge in [0.2, 0.25) is 0 Å². The highest BCUT2D eigenvalue weighted by molar-refractivity contribution is 5.88. The zero-order chi connectivity index (χ0) is 21.0. The highest BCUT2D eigenvalue weighted by Crippen LogP contribution is 2.27. The lowest BCUT2D eigenvalue weighted by Crippen LogP contribution is -2.09. The lowest BCUT2D eigenvalue weighted by molar-refractivity contribution is -0.141. The summed E-state index contributed by atoms with van der Waals surface area (Å²) in [7, 11) is 0. The SMILES string of the molecule is FC(F)(F)c1ccc(CNc2nc(CCc3ccccc3)nc3ccccc23)cn1. The molecular weight excluding hydrogens is 389 g/mol. The van der Waals surface area contributed by atoms with E-state index in [1.807, 2.05) is 42.5 Å². The first-order valence-corrected chi connectivity index (χ1v) is 9.54. The zero-order valence-corrected chi connectivity index (χ0v) is 16.0. The summed E-state index contributed by atoms with van der Waals surface area (Å²) < 4.78 is 38.1. The number of nitrogens with one attached hydrogen (secondary N) is 1. The third-order valence-electron chi connectivity index (χ3n) is 4.70. The quantitative estimate of drug-likeness (QED) is 0.462. The van der Waals surface area contributed by atoms with Gasteiger partial charge in [-0.1, -0.05) is 48.5 Å². The van der Waals surface area contributed by atoms with Crippen molar-refractivity contribution < 1.29 is 13.2 Å². The number of hydrogen-bond acceptors (Lipinski definition) is 4. The summed E-state index contributed by atoms with van der Waals surface area (Å²) in [5.74, 6) is 1.37. The van der Waals surface area contributed by atoms with Crippen LogP contribution >= 0.6 is 0 Å². The summed E-state index contributed by atoms with van der Waals surface area (Å²) in [6.45, 7) is 0.310. The molecule has 2 aromatic carbocycles. The van der Waals surface area contributed by atoms with Gasteiger partial charge in [-0.2, -0.15) is 13.2 Å². The van der Waals surface area contributed by atoms with Gasteiger partial charge >= 0.3 is 6.18 Å². The maximum Gasteiger partial charge on any atom is 0.433 e. The van der Waals surface area contributed by atoms with E-state index in [4.69, 9.17) is 0 Å². The first-order chi connectivity index (χ1) is 14.5. The normalized spacial score (nSPS) is 11.6. The van der Waals surface area contributed by atoms with Gasteiger partial charge in [0.25, 0.3) is 0 Å². The molecule has 4 nitrogen and oxygen atoms in total. The molecule has 7 heteroatoms. The van der Waals surface area contributed by atoms with E-state index < -0.39 is 11.9 Å². The van der Waals surface area contributed by atoms with Gasteiger partial charge in [-0.15, -0.1) is 0 Å². The molecule has 30 heavy (non-hydrogen) atoms. The van der Waals surface area contributed by atoms with E-state index in [1.54, 1.807) is 0 Å². The predicted molar refractivity (Wildman–Crippen MR) is 110 cm³/mol. The Morgan fingerprint density at radius 2 is 1.53 bits per heavy atom. The molecule has 0 saturated carbocycles. The number of hydrogen-bond donors (Lipinski definition) is 1. The number of aryl methyl sites for hydroxylation is 2. The van der Waals surface area contributed by atoms with Gasteiger partial charge in [-0.05, 0) is 35.7 Å². The van der Waals surface area contributed by atoms with E-state index in [-0.39, 0.29) is 0 Å². The molecule has 4 rings (SSSR count). The molecule has 2 heterocycles. The first kappa shape index (κ1) is 19.8. The third-order valence-corrected chi connectivity index (χ3v) is 4.70. The molecule has 0 spiro atoms. The van der Waals surface area contributed by atoms with Crippen molar-refractivity contribution >= 4 is 16.7 Å². The molecule has 4 aromatic rings. The van der Waals surface area contributed by atoms with Crippen LogP contribution in [-0.2, 0) is 25.6 Å². The second-order valence-electron chi connectivity index (χ2n) is 6.89. The monoisotopic (exact) mass is 408 g/mol. The highest BCUT2D eigenvalue weighted by Gasteiger charge is 2.31. The Morgan fingerprint density at radius 3 is 2.27 bits per heavy atom. The first-order valence-electron chi connectivity index (χ1n) is 9.54. The average molecular weight is 408 g/mol. The van der Waals surface area contributed by atoms with Gasteiger partial charge in [0.05, 0.1) is 5.52 Å². The largest absolute Gasteiger partial charge is 0.433 e. The van der Waals surface area contributed by atoms with Crippen LogP contribution in [0.3, 0.4) is 0 Å². The molecule has 0 aliphatic rings. The van der Waals surface area contributed by atoms with Gasteiger partial charge in [0.1, 0.15) is 17.3 Å². The van der Waals surface area contributed by atoms with Gasteiger partial charge < -0.3 is 5.32 Å². The summed E-state index contributed by atoms with van der Waals surface area (Å²) in [5.41, 5.74) is 1.77. The van der Waals surface area contributed by atoms with Crippen LogP contribution in [0.5, 0.6) is 0 Å². The van der Waals surface area contributed by atoms with Crippen LogP contribution in [0.25, 0.3) is 10.9 Å². The molecule has 0 unspecified atom stereocenters. The minimum Gasteiger partial charge on any atom is -0.365 e. The van der Waals surface area contributed by atoms with Crippen molar-refractivity contribution in [3.63, 3.8) is 0 Å². The molecule has 0 aliphatic carbocycles. The Labute approximate surface area is 171 Å². The van der Waals surface area contributed by atoms with E-state index in [1.165, 1.54) is 17.8 Å². The number of pyridine rings is 1. The van der Waals surface area contributed by atoms with E-state index in [2.05, 4.69) is 32.4 Å². The third kappa shape index (κ3) is 4.74. The fraction of sp³-hybridized carbons (Fsp3) is 0.174. The zero-order valence-electron chi connectivity index (χ0n) is 16.0. The number of para-hydroxylation sites is 1. The van der Waals surface area contributed by atoms with Gasteiger partial charge in [-0.3, -0.25) is 4.98 Å². The molecule has 0 saturated heterocycles. The van der Waals surface area contributed by atoms with Crippen LogP contribution in [0, 0.1) is 0 Å². The summed E-state index contributed by atoms with van der Waals surface area (Å²) in [5, 5.41) is 4.09. The van der Waals surface area contributed by atoms with Gasteiger partial charge in [0, 0.05) is 24.5 Å². The fourth-order valence-electron chi connectivity index (χ4n) is 3.15. The van der Waals surface area contributed by atoms with Crippen LogP contribution < -0.4 is 5.32 Å². The van der Waals surface area contributed by atoms with Crippen molar-refractivity contribution in [1.82, 2.24) is 15.0 Å². The lowest BCUT2D eigenvalue weighted by atomic mass is 10.1. The summed E-state index contributed by atoms with van der Waals surface area (Å²) in [4.78, 5) is 12.8. The summed E-state index contributed by atoms with van der Waals surface area (Å²) >= 11 is 0. The highest BCUT2D eigenvalue weighted by atomic mass is 19.4. The molecule has 0 fully saturated rings. The van der Waals surface area contributed by atoms with Gasteiger partial charge in [0.15, 0.2) is 0 Å². The van der Waals surface area contributed by atoms with E-state index in [0.29, 0.717) is 30.2 Å². The minimum atomic E-state index is -4.44. The summed E-state index contributed by atoms with van der Waals surface area (Å²) in [6.07, 6.45) is -1.70. The Morgan fingerprint density at radius 1 is 0.767 bits per heavy atom. The molecule has 0 amide bonds. The maximum atomic E-state index is 12.7. The van der Waals surface area contributed by atoms with E-state index in [0.717, 1.165) is 23.4 Å². The molecule has 2 aromatic heterocycles. The lowest BCUT2D eigenvalue weighted by Gasteiger charge is -2.12. The Balaban J connectivity index is 1.53. The Kier molecular flexibility index (Phi) is 5.61. The molecule has 152 valence electrons. The molecule has 0 radical (unpaired) electrons. The number of halogens is 3. The molecule has 0 bridgehead atoms. The average Bonchev–Trinajstić information content (AvgIpc) is 2.76. The van der Waals surface area contributed by atoms with Crippen molar-refractivity contribution in [2.75, 3.05) is 5.32 Å². The number of nitrogens with zero attached hydrogens (tertiary/aromatic N) is 3. The number of anilines is 1. The van der Waals surface area contributed by atoms with Crippen molar-refractivity contribution in [3.8, 4) is 0 Å². The van der Waals surface area contributed by atoms with Crippen LogP contribution in [0.2, 0.25) is 0 Å². The van der Waals surface area contributed by atoms with Crippen LogP contribution in [0.1, 0.15) is 22.6 Å². The molecule has 1 N–H and O–H groups in total. The fourth-order valence-corrected chi connectivity index (χ4v) is 3.15. The van der Waals surface area contributed by atoms with Crippen molar-refractivity contribution in [3.05, 3.63) is 95.6 Å². The Bertz CT molecular complexity index is 1130. The molecule has 0 atom stereocenters. The number of benzene rings is 2. The number of fused-ring (bicyclic) bond motifs is 1. The molecule has 0 aliphatic heterocycles. The second kappa shape index (κ2) is 8.49.